The number of nitrogens with zero attached hydrogens (tertiary/aromatic N) is 4. The minimum Gasteiger partial charge on any atom is -0.275 e. The van der Waals surface area contributed by atoms with Crippen molar-refractivity contribution in [1.82, 2.24) is 19.7 Å². The molecule has 6 heteroatoms. The molecule has 0 aliphatic heterocycles. The molecule has 0 bridgehead atoms. The highest BCUT2D eigenvalue weighted by atomic mass is 127. The van der Waals surface area contributed by atoms with Crippen LogP contribution >= 0.6 is 34.2 Å². The van der Waals surface area contributed by atoms with Gasteiger partial charge in [0.05, 0.1) is 20.5 Å². The fourth-order valence-electron chi connectivity index (χ4n) is 1.97. The van der Waals surface area contributed by atoms with E-state index < -0.39 is 0 Å². The summed E-state index contributed by atoms with van der Waals surface area (Å²) < 4.78 is 2.75. The van der Waals surface area contributed by atoms with E-state index in [9.17, 15) is 0 Å². The van der Waals surface area contributed by atoms with Crippen LogP contribution in [0, 0.1) is 3.57 Å². The molecule has 0 N–H and O–H groups in total. The molecule has 0 amide bonds. The lowest BCUT2D eigenvalue weighted by Gasteiger charge is -2.07. The van der Waals surface area contributed by atoms with Crippen LogP contribution in [0.5, 0.6) is 0 Å². The Kier molecular flexibility index (Phi) is 4.78. The molecule has 0 aliphatic carbocycles. The lowest BCUT2D eigenvalue weighted by atomic mass is 10.2. The molecule has 0 spiro atoms. The molecule has 0 saturated heterocycles. The van der Waals surface area contributed by atoms with Crippen LogP contribution in [0.3, 0.4) is 0 Å². The van der Waals surface area contributed by atoms with E-state index in [2.05, 4.69) is 51.5 Å². The van der Waals surface area contributed by atoms with Crippen LogP contribution in [-0.4, -0.2) is 19.7 Å². The van der Waals surface area contributed by atoms with Gasteiger partial charge in [-0.25, -0.2) is 9.97 Å². The van der Waals surface area contributed by atoms with Gasteiger partial charge >= 0.3 is 0 Å². The maximum atomic E-state index is 6.22. The van der Waals surface area contributed by atoms with E-state index in [1.54, 1.807) is 4.68 Å². The molecule has 0 atom stereocenters. The molecule has 0 unspecified atom stereocenters. The van der Waals surface area contributed by atoms with Crippen molar-refractivity contribution >= 4 is 34.2 Å². The quantitative estimate of drug-likeness (QED) is 0.591. The number of halogens is 2. The summed E-state index contributed by atoms with van der Waals surface area (Å²) in [5, 5.41) is 4.95. The van der Waals surface area contributed by atoms with Gasteiger partial charge in [-0.3, -0.25) is 4.68 Å². The third kappa shape index (κ3) is 3.08. The van der Waals surface area contributed by atoms with E-state index in [0.29, 0.717) is 11.0 Å². The zero-order valence-corrected chi connectivity index (χ0v) is 14.2. The average Bonchev–Trinajstić information content (AvgIpc) is 2.76. The highest BCUT2D eigenvalue weighted by molar-refractivity contribution is 14.1. The molecule has 2 aromatic rings. The number of aryl methyl sites for hydroxylation is 3. The summed E-state index contributed by atoms with van der Waals surface area (Å²) in [7, 11) is 1.91. The first kappa shape index (κ1) is 14.7. The van der Waals surface area contributed by atoms with Crippen LogP contribution in [-0.2, 0) is 19.9 Å². The van der Waals surface area contributed by atoms with Gasteiger partial charge < -0.3 is 0 Å². The minimum atomic E-state index is 0.528. The molecule has 0 radical (unpaired) electrons. The molecule has 19 heavy (non-hydrogen) atoms. The van der Waals surface area contributed by atoms with Crippen LogP contribution in [0.1, 0.15) is 31.7 Å². The normalized spacial score (nSPS) is 11.0. The summed E-state index contributed by atoms with van der Waals surface area (Å²) >= 11 is 8.43. The molecule has 102 valence electrons. The van der Waals surface area contributed by atoms with Crippen molar-refractivity contribution in [2.24, 2.45) is 7.05 Å². The van der Waals surface area contributed by atoms with E-state index in [1.807, 2.05) is 13.2 Å². The summed E-state index contributed by atoms with van der Waals surface area (Å²) in [5.41, 5.74) is 2.99. The van der Waals surface area contributed by atoms with Crippen molar-refractivity contribution in [3.8, 4) is 11.4 Å². The van der Waals surface area contributed by atoms with E-state index in [4.69, 9.17) is 11.6 Å². The van der Waals surface area contributed by atoms with Crippen LogP contribution in [0.2, 0.25) is 5.15 Å². The van der Waals surface area contributed by atoms with Gasteiger partial charge in [-0.15, -0.1) is 0 Å². The first-order valence-corrected chi connectivity index (χ1v) is 7.77. The van der Waals surface area contributed by atoms with Gasteiger partial charge in [-0.2, -0.15) is 5.10 Å². The monoisotopic (exact) mass is 390 g/mol. The van der Waals surface area contributed by atoms with Crippen LogP contribution in [0.15, 0.2) is 6.20 Å². The molecule has 0 aromatic carbocycles. The largest absolute Gasteiger partial charge is 0.275 e. The predicted molar refractivity (Wildman–Crippen MR) is 85.3 cm³/mol. The Morgan fingerprint density at radius 3 is 2.63 bits per heavy atom. The highest BCUT2D eigenvalue weighted by Gasteiger charge is 2.15. The van der Waals surface area contributed by atoms with Gasteiger partial charge in [0.1, 0.15) is 5.15 Å². The Morgan fingerprint density at radius 2 is 2.00 bits per heavy atom. The molecule has 2 heterocycles. The zero-order chi connectivity index (χ0) is 14.0. The van der Waals surface area contributed by atoms with Gasteiger partial charge in [0.25, 0.3) is 0 Å². The maximum absolute atomic E-state index is 6.22. The van der Waals surface area contributed by atoms with Crippen molar-refractivity contribution in [1.29, 1.82) is 0 Å². The Morgan fingerprint density at radius 1 is 1.26 bits per heavy atom. The Labute approximate surface area is 131 Å². The summed E-state index contributed by atoms with van der Waals surface area (Å²) in [6, 6.07) is 0. The van der Waals surface area contributed by atoms with Gasteiger partial charge in [-0.1, -0.05) is 31.9 Å². The second kappa shape index (κ2) is 6.17. The summed E-state index contributed by atoms with van der Waals surface area (Å²) in [4.78, 5) is 9.06. The van der Waals surface area contributed by atoms with Crippen molar-refractivity contribution in [2.45, 2.75) is 33.1 Å². The maximum Gasteiger partial charge on any atom is 0.164 e. The highest BCUT2D eigenvalue weighted by Crippen LogP contribution is 2.26. The Balaban J connectivity index is 2.55. The van der Waals surface area contributed by atoms with E-state index >= 15 is 0 Å². The van der Waals surface area contributed by atoms with Crippen molar-refractivity contribution in [2.75, 3.05) is 0 Å². The van der Waals surface area contributed by atoms with Crippen molar-refractivity contribution in [3.63, 3.8) is 0 Å². The molecule has 0 saturated carbocycles. The van der Waals surface area contributed by atoms with Crippen LogP contribution in [0.25, 0.3) is 11.4 Å². The molecule has 0 fully saturated rings. The average molecular weight is 391 g/mol. The summed E-state index contributed by atoms with van der Waals surface area (Å²) in [6.07, 6.45) is 4.75. The number of aromatic nitrogens is 4. The lowest BCUT2D eigenvalue weighted by Crippen LogP contribution is -2.01. The smallest absolute Gasteiger partial charge is 0.164 e. The lowest BCUT2D eigenvalue weighted by molar-refractivity contribution is 0.746. The topological polar surface area (TPSA) is 43.6 Å². The third-order valence-corrected chi connectivity index (χ3v) is 4.57. The summed E-state index contributed by atoms with van der Waals surface area (Å²) in [6.45, 7) is 4.21. The first-order valence-electron chi connectivity index (χ1n) is 6.31. The van der Waals surface area contributed by atoms with Crippen molar-refractivity contribution in [3.05, 3.63) is 26.3 Å². The molecular formula is C13H16ClIN4. The molecular weight excluding hydrogens is 375 g/mol. The second-order valence-electron chi connectivity index (χ2n) is 4.37. The van der Waals surface area contributed by atoms with Gasteiger partial charge in [0, 0.05) is 13.2 Å². The third-order valence-electron chi connectivity index (χ3n) is 2.85. The number of hydrogen-bond acceptors (Lipinski definition) is 3. The molecule has 0 aliphatic rings. The SMILES string of the molecule is CCCc1nc(-c2cn(C)nc2CC)nc(Cl)c1I. The molecule has 4 nitrogen and oxygen atoms in total. The van der Waals surface area contributed by atoms with Gasteiger partial charge in [-0.05, 0) is 35.4 Å². The summed E-state index contributed by atoms with van der Waals surface area (Å²) in [5.74, 6) is 0.679. The number of rotatable bonds is 4. The Bertz CT molecular complexity index is 595. The van der Waals surface area contributed by atoms with E-state index in [0.717, 1.165) is 39.8 Å². The van der Waals surface area contributed by atoms with Crippen LogP contribution < -0.4 is 0 Å². The number of hydrogen-bond donors (Lipinski definition) is 0. The van der Waals surface area contributed by atoms with E-state index in [1.165, 1.54) is 0 Å². The fourth-order valence-corrected chi connectivity index (χ4v) is 2.67. The van der Waals surface area contributed by atoms with Gasteiger partial charge in [0.2, 0.25) is 0 Å². The standard InChI is InChI=1S/C13H16ClIN4/c1-4-6-10-11(15)12(14)17-13(16-10)8-7-19(3)18-9(8)5-2/h7H,4-6H2,1-3H3. The zero-order valence-electron chi connectivity index (χ0n) is 11.2. The minimum absolute atomic E-state index is 0.528. The predicted octanol–water partition coefficient (Wildman–Crippen LogP) is 3.65. The van der Waals surface area contributed by atoms with Gasteiger partial charge in [0.15, 0.2) is 5.82 Å². The van der Waals surface area contributed by atoms with Crippen molar-refractivity contribution < 1.29 is 0 Å². The second-order valence-corrected chi connectivity index (χ2v) is 5.80. The molecule has 2 rings (SSSR count). The Hall–Kier alpha value is -0.690. The van der Waals surface area contributed by atoms with Crippen LogP contribution in [0.4, 0.5) is 0 Å². The first-order chi connectivity index (χ1) is 9.06. The fraction of sp³-hybridized carbons (Fsp3) is 0.462. The molecule has 2 aromatic heterocycles. The van der Waals surface area contributed by atoms with E-state index in [-0.39, 0.29) is 0 Å².